The molecule has 3 rings (SSSR count). The number of hydrogen-bond donors (Lipinski definition) is 1. The molecule has 3 aromatic rings. The van der Waals surface area contributed by atoms with Gasteiger partial charge in [-0.15, -0.1) is 5.10 Å². The number of hydrogen-bond acceptors (Lipinski definition) is 6. The van der Waals surface area contributed by atoms with Gasteiger partial charge in [-0.3, -0.25) is 0 Å². The van der Waals surface area contributed by atoms with Gasteiger partial charge in [0.15, 0.2) is 11.5 Å². The van der Waals surface area contributed by atoms with Crippen molar-refractivity contribution in [2.45, 2.75) is 20.4 Å². The number of ether oxygens (including phenoxy) is 1. The van der Waals surface area contributed by atoms with E-state index in [1.54, 1.807) is 30.3 Å². The zero-order valence-electron chi connectivity index (χ0n) is 14.5. The molecule has 26 heavy (non-hydrogen) atoms. The molecule has 0 spiro atoms. The number of halogens is 1. The SMILES string of the molecule is CCOC(=O)c1c(N(CC)Cc2cc(F)ccc2O)nn2cccnc12. The molecule has 8 heteroatoms. The van der Waals surface area contributed by atoms with Crippen LogP contribution in [-0.4, -0.2) is 38.8 Å². The van der Waals surface area contributed by atoms with E-state index in [0.717, 1.165) is 0 Å². The minimum absolute atomic E-state index is 0.0237. The van der Waals surface area contributed by atoms with Gasteiger partial charge in [0.25, 0.3) is 0 Å². The molecule has 2 aromatic heterocycles. The maximum atomic E-state index is 13.5. The molecule has 0 aliphatic carbocycles. The Morgan fingerprint density at radius 3 is 2.92 bits per heavy atom. The predicted octanol–water partition coefficient (Wildman–Crippen LogP) is 2.78. The van der Waals surface area contributed by atoms with E-state index in [1.807, 2.05) is 6.92 Å². The largest absolute Gasteiger partial charge is 0.508 e. The Bertz CT molecular complexity index is 941. The number of rotatable bonds is 6. The smallest absolute Gasteiger partial charge is 0.345 e. The third-order valence-corrected chi connectivity index (χ3v) is 3.94. The highest BCUT2D eigenvalue weighted by Gasteiger charge is 2.26. The summed E-state index contributed by atoms with van der Waals surface area (Å²) in [4.78, 5) is 18.5. The fourth-order valence-electron chi connectivity index (χ4n) is 2.71. The van der Waals surface area contributed by atoms with Gasteiger partial charge in [0.05, 0.1) is 6.61 Å². The molecule has 1 N–H and O–H groups in total. The van der Waals surface area contributed by atoms with Crippen LogP contribution in [0.4, 0.5) is 10.2 Å². The Balaban J connectivity index is 2.07. The fourth-order valence-corrected chi connectivity index (χ4v) is 2.71. The van der Waals surface area contributed by atoms with Crippen LogP contribution in [0, 0.1) is 5.82 Å². The molecule has 0 aliphatic rings. The molecule has 0 fully saturated rings. The van der Waals surface area contributed by atoms with Crippen molar-refractivity contribution in [3.63, 3.8) is 0 Å². The lowest BCUT2D eigenvalue weighted by atomic mass is 10.1. The number of esters is 1. The summed E-state index contributed by atoms with van der Waals surface area (Å²) >= 11 is 0. The first kappa shape index (κ1) is 17.7. The van der Waals surface area contributed by atoms with Crippen molar-refractivity contribution < 1.29 is 19.0 Å². The Labute approximate surface area is 149 Å². The van der Waals surface area contributed by atoms with Crippen LogP contribution in [0.25, 0.3) is 5.65 Å². The quantitative estimate of drug-likeness (QED) is 0.683. The molecule has 0 radical (unpaired) electrons. The molecule has 0 bridgehead atoms. The van der Waals surface area contributed by atoms with Crippen LogP contribution in [-0.2, 0) is 11.3 Å². The molecule has 0 atom stereocenters. The highest BCUT2D eigenvalue weighted by atomic mass is 19.1. The average Bonchev–Trinajstić information content (AvgIpc) is 3.02. The van der Waals surface area contributed by atoms with Gasteiger partial charge >= 0.3 is 5.97 Å². The Kier molecular flexibility index (Phi) is 5.01. The van der Waals surface area contributed by atoms with Crippen molar-refractivity contribution in [2.75, 3.05) is 18.1 Å². The monoisotopic (exact) mass is 358 g/mol. The van der Waals surface area contributed by atoms with Gasteiger partial charge in [-0.25, -0.2) is 18.7 Å². The molecule has 136 valence electrons. The van der Waals surface area contributed by atoms with E-state index in [1.165, 1.54) is 22.7 Å². The summed E-state index contributed by atoms with van der Waals surface area (Å²) in [5.41, 5.74) is 1.01. The molecular formula is C18H19FN4O3. The van der Waals surface area contributed by atoms with E-state index < -0.39 is 11.8 Å². The van der Waals surface area contributed by atoms with Crippen molar-refractivity contribution in [3.8, 4) is 5.75 Å². The minimum Gasteiger partial charge on any atom is -0.508 e. The number of phenolic OH excluding ortho intramolecular Hbond substituents is 1. The summed E-state index contributed by atoms with van der Waals surface area (Å²) in [7, 11) is 0. The normalized spacial score (nSPS) is 10.9. The van der Waals surface area contributed by atoms with Gasteiger partial charge in [-0.05, 0) is 38.1 Å². The number of aromatic hydroxyl groups is 1. The van der Waals surface area contributed by atoms with Crippen molar-refractivity contribution in [3.05, 3.63) is 53.6 Å². The zero-order chi connectivity index (χ0) is 18.7. The maximum Gasteiger partial charge on any atom is 0.345 e. The van der Waals surface area contributed by atoms with E-state index in [4.69, 9.17) is 4.74 Å². The number of carbonyl (C=O) groups excluding carboxylic acids is 1. The summed E-state index contributed by atoms with van der Waals surface area (Å²) in [6, 6.07) is 5.45. The van der Waals surface area contributed by atoms with Gasteiger partial charge in [0.1, 0.15) is 17.1 Å². The zero-order valence-corrected chi connectivity index (χ0v) is 14.5. The lowest BCUT2D eigenvalue weighted by Crippen LogP contribution is -2.25. The van der Waals surface area contributed by atoms with Crippen LogP contribution in [0.2, 0.25) is 0 Å². The lowest BCUT2D eigenvalue weighted by Gasteiger charge is -2.22. The molecule has 7 nitrogen and oxygen atoms in total. The first-order valence-electron chi connectivity index (χ1n) is 8.28. The van der Waals surface area contributed by atoms with E-state index in [-0.39, 0.29) is 24.5 Å². The third-order valence-electron chi connectivity index (χ3n) is 3.94. The predicted molar refractivity (Wildman–Crippen MR) is 93.7 cm³/mol. The number of phenols is 1. The van der Waals surface area contributed by atoms with Gasteiger partial charge in [-0.1, -0.05) is 0 Å². The number of carbonyl (C=O) groups is 1. The molecule has 0 saturated heterocycles. The summed E-state index contributed by atoms with van der Waals surface area (Å²) in [5.74, 6) is -0.632. The molecule has 0 aliphatic heterocycles. The molecule has 0 amide bonds. The number of nitrogens with zero attached hydrogens (tertiary/aromatic N) is 4. The lowest BCUT2D eigenvalue weighted by molar-refractivity contribution is 0.0529. The van der Waals surface area contributed by atoms with Gasteiger partial charge < -0.3 is 14.7 Å². The first-order chi connectivity index (χ1) is 12.5. The fraction of sp³-hybridized carbons (Fsp3) is 0.278. The van der Waals surface area contributed by atoms with Crippen LogP contribution in [0.15, 0.2) is 36.7 Å². The second kappa shape index (κ2) is 7.38. The van der Waals surface area contributed by atoms with Gasteiger partial charge in [0.2, 0.25) is 0 Å². The van der Waals surface area contributed by atoms with Gasteiger partial charge in [-0.2, -0.15) is 0 Å². The first-order valence-corrected chi connectivity index (χ1v) is 8.28. The van der Waals surface area contributed by atoms with Crippen molar-refractivity contribution >= 4 is 17.4 Å². The van der Waals surface area contributed by atoms with E-state index >= 15 is 0 Å². The van der Waals surface area contributed by atoms with E-state index in [0.29, 0.717) is 23.6 Å². The standard InChI is InChI=1S/C18H19FN4O3/c1-3-22(11-12-10-13(19)6-7-14(12)24)17-15(18(25)26-4-2)16-20-8-5-9-23(16)21-17/h5-10,24H,3-4,11H2,1-2H3. The van der Waals surface area contributed by atoms with Crippen LogP contribution >= 0.6 is 0 Å². The number of aromatic nitrogens is 3. The highest BCUT2D eigenvalue weighted by Crippen LogP contribution is 2.27. The van der Waals surface area contributed by atoms with Crippen molar-refractivity contribution in [1.82, 2.24) is 14.6 Å². The van der Waals surface area contributed by atoms with Crippen LogP contribution in [0.3, 0.4) is 0 Å². The Morgan fingerprint density at radius 2 is 2.19 bits per heavy atom. The Morgan fingerprint density at radius 1 is 1.38 bits per heavy atom. The minimum atomic E-state index is -0.530. The molecule has 0 saturated carbocycles. The van der Waals surface area contributed by atoms with Crippen LogP contribution in [0.5, 0.6) is 5.75 Å². The second-order valence-electron chi connectivity index (χ2n) is 5.59. The molecule has 2 heterocycles. The third kappa shape index (κ3) is 3.30. The molecule has 0 unspecified atom stereocenters. The van der Waals surface area contributed by atoms with E-state index in [2.05, 4.69) is 10.1 Å². The number of fused-ring (bicyclic) bond motifs is 1. The average molecular weight is 358 g/mol. The number of benzene rings is 1. The Hall–Kier alpha value is -3.16. The van der Waals surface area contributed by atoms with Crippen LogP contribution in [0.1, 0.15) is 29.8 Å². The maximum absolute atomic E-state index is 13.5. The van der Waals surface area contributed by atoms with Crippen molar-refractivity contribution in [2.24, 2.45) is 0 Å². The number of anilines is 1. The molecular weight excluding hydrogens is 339 g/mol. The molecule has 1 aromatic carbocycles. The summed E-state index contributed by atoms with van der Waals surface area (Å²) in [6.45, 7) is 4.48. The summed E-state index contributed by atoms with van der Waals surface area (Å²) < 4.78 is 20.2. The highest BCUT2D eigenvalue weighted by molar-refractivity contribution is 6.01. The van der Waals surface area contributed by atoms with Gasteiger partial charge in [0, 0.05) is 31.0 Å². The second-order valence-corrected chi connectivity index (χ2v) is 5.59. The summed E-state index contributed by atoms with van der Waals surface area (Å²) in [5, 5.41) is 14.4. The topological polar surface area (TPSA) is 80.0 Å². The van der Waals surface area contributed by atoms with Crippen molar-refractivity contribution in [1.29, 1.82) is 0 Å². The summed E-state index contributed by atoms with van der Waals surface area (Å²) in [6.07, 6.45) is 3.25. The van der Waals surface area contributed by atoms with E-state index in [9.17, 15) is 14.3 Å². The van der Waals surface area contributed by atoms with Crippen LogP contribution < -0.4 is 4.90 Å².